The molecule has 124 valence electrons. The monoisotopic (exact) mass is 340 g/mol. The first-order chi connectivity index (χ1) is 10.2. The smallest absolute Gasteiger partial charge is 0.328 e. The Balaban J connectivity index is 0.00000264. The number of carboxylic acid groups (broad SMARTS) is 1. The standard InChI is InChI=1S/C14H16N4O4.ClH/c1-14(9-5-3-8(4-6-9)11(15)16)12(21)18(7-10(19)20)13(22)17(14)2;/h3-6H,7H2,1-2H3,(H3,15,16)(H,19,20);1H/t14-;/m0./s1. The van der Waals surface area contributed by atoms with E-state index >= 15 is 0 Å². The Hall–Kier alpha value is -2.61. The Morgan fingerprint density at radius 2 is 1.83 bits per heavy atom. The molecule has 1 aromatic carbocycles. The van der Waals surface area contributed by atoms with Crippen LogP contribution in [0, 0.1) is 5.41 Å². The molecule has 1 saturated heterocycles. The molecule has 0 unspecified atom stereocenters. The van der Waals surface area contributed by atoms with Gasteiger partial charge in [0.1, 0.15) is 17.9 Å². The van der Waals surface area contributed by atoms with Gasteiger partial charge in [0, 0.05) is 12.6 Å². The number of halogens is 1. The molecule has 1 aliphatic heterocycles. The highest BCUT2D eigenvalue weighted by molar-refractivity contribution is 6.08. The zero-order valence-electron chi connectivity index (χ0n) is 12.6. The van der Waals surface area contributed by atoms with Gasteiger partial charge in [-0.05, 0) is 12.5 Å². The second kappa shape index (κ2) is 6.25. The van der Waals surface area contributed by atoms with Crippen molar-refractivity contribution in [2.45, 2.75) is 12.5 Å². The summed E-state index contributed by atoms with van der Waals surface area (Å²) in [6.45, 7) is 0.876. The highest BCUT2D eigenvalue weighted by Gasteiger charge is 2.53. The molecule has 0 aromatic heterocycles. The van der Waals surface area contributed by atoms with Crippen molar-refractivity contribution >= 4 is 36.2 Å². The summed E-state index contributed by atoms with van der Waals surface area (Å²) in [7, 11) is 1.45. The first-order valence-corrected chi connectivity index (χ1v) is 6.46. The SMILES string of the molecule is CN1C(=O)N(CC(=O)O)C(=O)[C@]1(C)c1ccc(C(=N)N)cc1.Cl. The van der Waals surface area contributed by atoms with Crippen molar-refractivity contribution in [1.82, 2.24) is 9.80 Å². The van der Waals surface area contributed by atoms with Crippen LogP contribution in [0.25, 0.3) is 0 Å². The van der Waals surface area contributed by atoms with Crippen LogP contribution in [-0.4, -0.2) is 52.2 Å². The second-order valence-corrected chi connectivity index (χ2v) is 5.19. The number of nitrogens with one attached hydrogen (secondary N) is 1. The largest absolute Gasteiger partial charge is 0.480 e. The van der Waals surface area contributed by atoms with E-state index < -0.39 is 30.0 Å². The number of likely N-dealkylation sites (N-methyl/N-ethyl adjacent to an activating group) is 1. The zero-order chi connectivity index (χ0) is 16.7. The lowest BCUT2D eigenvalue weighted by Gasteiger charge is -2.29. The molecule has 3 amide bonds. The van der Waals surface area contributed by atoms with Gasteiger partial charge in [-0.25, -0.2) is 4.79 Å². The van der Waals surface area contributed by atoms with Crippen LogP contribution in [0.1, 0.15) is 18.1 Å². The number of rotatable bonds is 4. The van der Waals surface area contributed by atoms with E-state index in [9.17, 15) is 14.4 Å². The van der Waals surface area contributed by atoms with Crippen molar-refractivity contribution in [2.24, 2.45) is 5.73 Å². The molecule has 4 N–H and O–H groups in total. The Morgan fingerprint density at radius 1 is 1.30 bits per heavy atom. The maximum atomic E-state index is 12.5. The lowest BCUT2D eigenvalue weighted by atomic mass is 9.90. The fourth-order valence-electron chi connectivity index (χ4n) is 2.43. The molecule has 1 atom stereocenters. The summed E-state index contributed by atoms with van der Waals surface area (Å²) in [5.74, 6) is -1.96. The van der Waals surface area contributed by atoms with Crippen LogP contribution < -0.4 is 5.73 Å². The minimum atomic E-state index is -1.29. The number of aliphatic carboxylic acids is 1. The van der Waals surface area contributed by atoms with E-state index in [1.54, 1.807) is 31.2 Å². The Bertz CT molecular complexity index is 676. The van der Waals surface area contributed by atoms with E-state index in [1.165, 1.54) is 11.9 Å². The molecule has 1 fully saturated rings. The highest BCUT2D eigenvalue weighted by Crippen LogP contribution is 2.35. The highest BCUT2D eigenvalue weighted by atomic mass is 35.5. The van der Waals surface area contributed by atoms with Crippen LogP contribution in [0.15, 0.2) is 24.3 Å². The quantitative estimate of drug-likeness (QED) is 0.420. The van der Waals surface area contributed by atoms with Crippen molar-refractivity contribution in [1.29, 1.82) is 5.41 Å². The molecule has 0 radical (unpaired) electrons. The molecule has 9 heteroatoms. The summed E-state index contributed by atoms with van der Waals surface area (Å²) in [4.78, 5) is 37.4. The fraction of sp³-hybridized carbons (Fsp3) is 0.286. The van der Waals surface area contributed by atoms with Crippen LogP contribution >= 0.6 is 12.4 Å². The van der Waals surface area contributed by atoms with Crippen LogP contribution in [0.2, 0.25) is 0 Å². The molecule has 23 heavy (non-hydrogen) atoms. The van der Waals surface area contributed by atoms with Crippen molar-refractivity contribution in [3.63, 3.8) is 0 Å². The van der Waals surface area contributed by atoms with Crippen molar-refractivity contribution in [3.05, 3.63) is 35.4 Å². The minimum absolute atomic E-state index is 0. The fourth-order valence-corrected chi connectivity index (χ4v) is 2.43. The number of nitrogens with two attached hydrogens (primary N) is 1. The van der Waals surface area contributed by atoms with Gasteiger partial charge in [-0.1, -0.05) is 24.3 Å². The van der Waals surface area contributed by atoms with Gasteiger partial charge in [-0.15, -0.1) is 12.4 Å². The molecule has 1 aliphatic rings. The lowest BCUT2D eigenvalue weighted by molar-refractivity contribution is -0.143. The van der Waals surface area contributed by atoms with E-state index in [-0.39, 0.29) is 18.2 Å². The zero-order valence-corrected chi connectivity index (χ0v) is 13.4. The maximum Gasteiger partial charge on any atom is 0.328 e. The lowest BCUT2D eigenvalue weighted by Crippen LogP contribution is -2.42. The van der Waals surface area contributed by atoms with Crippen molar-refractivity contribution in [3.8, 4) is 0 Å². The maximum absolute atomic E-state index is 12.5. The summed E-state index contributed by atoms with van der Waals surface area (Å²) in [6.07, 6.45) is 0. The number of amides is 3. The number of hydrogen-bond acceptors (Lipinski definition) is 4. The number of amidine groups is 1. The third-order valence-electron chi connectivity index (χ3n) is 3.90. The van der Waals surface area contributed by atoms with E-state index in [2.05, 4.69) is 0 Å². The number of carbonyl (C=O) groups excluding carboxylic acids is 2. The van der Waals surface area contributed by atoms with E-state index in [4.69, 9.17) is 16.2 Å². The third-order valence-corrected chi connectivity index (χ3v) is 3.90. The molecule has 0 bridgehead atoms. The van der Waals surface area contributed by atoms with Crippen molar-refractivity contribution in [2.75, 3.05) is 13.6 Å². The molecule has 8 nitrogen and oxygen atoms in total. The number of carboxylic acids is 1. The molecule has 0 saturated carbocycles. The molecule has 1 heterocycles. The van der Waals surface area contributed by atoms with Crippen LogP contribution in [-0.2, 0) is 15.1 Å². The van der Waals surface area contributed by atoms with Gasteiger partial charge in [-0.2, -0.15) is 0 Å². The van der Waals surface area contributed by atoms with Gasteiger partial charge >= 0.3 is 12.0 Å². The number of nitrogens with zero attached hydrogens (tertiary/aromatic N) is 2. The van der Waals surface area contributed by atoms with E-state index in [0.29, 0.717) is 16.0 Å². The van der Waals surface area contributed by atoms with Gasteiger partial charge in [0.15, 0.2) is 0 Å². The summed E-state index contributed by atoms with van der Waals surface area (Å²) in [5.41, 5.74) is 5.11. The van der Waals surface area contributed by atoms with Gasteiger partial charge < -0.3 is 15.7 Å². The molecule has 0 aliphatic carbocycles. The van der Waals surface area contributed by atoms with Gasteiger partial charge in [-0.3, -0.25) is 19.9 Å². The van der Waals surface area contributed by atoms with Gasteiger partial charge in [0.2, 0.25) is 0 Å². The summed E-state index contributed by atoms with van der Waals surface area (Å²) in [5, 5.41) is 16.2. The Kier molecular flexibility index (Phi) is 5.01. The van der Waals surface area contributed by atoms with E-state index in [1.807, 2.05) is 0 Å². The normalized spacial score (nSPS) is 20.4. The van der Waals surface area contributed by atoms with Gasteiger partial charge in [0.05, 0.1) is 0 Å². The number of nitrogen functional groups attached to an aromatic ring is 1. The molecular weight excluding hydrogens is 324 g/mol. The molecule has 1 aromatic rings. The number of benzene rings is 1. The third kappa shape index (κ3) is 2.85. The van der Waals surface area contributed by atoms with Crippen LogP contribution in [0.4, 0.5) is 4.79 Å². The van der Waals surface area contributed by atoms with E-state index in [0.717, 1.165) is 0 Å². The number of carbonyl (C=O) groups is 3. The second-order valence-electron chi connectivity index (χ2n) is 5.19. The number of imide groups is 1. The predicted molar refractivity (Wildman–Crippen MR) is 84.6 cm³/mol. The van der Waals surface area contributed by atoms with Gasteiger partial charge in [0.25, 0.3) is 5.91 Å². The Morgan fingerprint density at radius 3 is 2.26 bits per heavy atom. The average Bonchev–Trinajstić information content (AvgIpc) is 2.63. The van der Waals surface area contributed by atoms with Crippen LogP contribution in [0.5, 0.6) is 0 Å². The summed E-state index contributed by atoms with van der Waals surface area (Å²) >= 11 is 0. The predicted octanol–water partition coefficient (Wildman–Crippen LogP) is 0.586. The first kappa shape index (κ1) is 18.4. The first-order valence-electron chi connectivity index (χ1n) is 6.46. The topological polar surface area (TPSA) is 128 Å². The Labute approximate surface area is 138 Å². The van der Waals surface area contributed by atoms with Crippen LogP contribution in [0.3, 0.4) is 0 Å². The summed E-state index contributed by atoms with van der Waals surface area (Å²) < 4.78 is 0. The average molecular weight is 341 g/mol. The minimum Gasteiger partial charge on any atom is -0.480 e. The number of urea groups is 1. The number of hydrogen-bond donors (Lipinski definition) is 3. The van der Waals surface area contributed by atoms with Crippen molar-refractivity contribution < 1.29 is 19.5 Å². The molecule has 0 spiro atoms. The molecular formula is C14H17ClN4O4. The summed E-state index contributed by atoms with van der Waals surface area (Å²) in [6, 6.07) is 5.69. The molecule has 2 rings (SSSR count).